The van der Waals surface area contributed by atoms with E-state index in [4.69, 9.17) is 10.8 Å². The minimum absolute atomic E-state index is 0.132. The van der Waals surface area contributed by atoms with Gasteiger partial charge < -0.3 is 10.8 Å². The predicted octanol–water partition coefficient (Wildman–Crippen LogP) is 1.93. The molecule has 0 saturated carbocycles. The summed E-state index contributed by atoms with van der Waals surface area (Å²) in [7, 11) is 0. The lowest BCUT2D eigenvalue weighted by Crippen LogP contribution is -2.15. The quantitative estimate of drug-likeness (QED) is 0.873. The molecule has 1 heterocycles. The lowest BCUT2D eigenvalue weighted by molar-refractivity contribution is -0.137. The maximum absolute atomic E-state index is 10.6. The summed E-state index contributed by atoms with van der Waals surface area (Å²) in [5, 5.41) is 8.68. The van der Waals surface area contributed by atoms with Gasteiger partial charge in [-0.15, -0.1) is 0 Å². The number of carboxylic acid groups (broad SMARTS) is 1. The molecule has 0 bridgehead atoms. The smallest absolute Gasteiger partial charge is 0.305 e. The van der Waals surface area contributed by atoms with Crippen LogP contribution in [0.1, 0.15) is 23.6 Å². The van der Waals surface area contributed by atoms with Crippen LogP contribution in [0.5, 0.6) is 0 Å². The first-order chi connectivity index (χ1) is 9.06. The summed E-state index contributed by atoms with van der Waals surface area (Å²) in [6, 6.07) is 7.29. The highest BCUT2D eigenvalue weighted by Gasteiger charge is 2.11. The molecule has 2 aromatic rings. The van der Waals surface area contributed by atoms with Crippen LogP contribution in [-0.2, 0) is 4.79 Å². The van der Waals surface area contributed by atoms with Crippen molar-refractivity contribution < 1.29 is 9.90 Å². The number of carbonyl (C=O) groups is 1. The zero-order valence-corrected chi connectivity index (χ0v) is 10.6. The van der Waals surface area contributed by atoms with E-state index in [-0.39, 0.29) is 6.42 Å². The molecule has 1 atom stereocenters. The van der Waals surface area contributed by atoms with E-state index in [1.807, 2.05) is 31.2 Å². The normalized spacial score (nSPS) is 12.1. The molecule has 0 fully saturated rings. The van der Waals surface area contributed by atoms with Gasteiger partial charge in [0.2, 0.25) is 0 Å². The first-order valence-electron chi connectivity index (χ1n) is 5.92. The molecule has 19 heavy (non-hydrogen) atoms. The van der Waals surface area contributed by atoms with E-state index in [2.05, 4.69) is 9.97 Å². The third kappa shape index (κ3) is 3.35. The Kier molecular flexibility index (Phi) is 3.87. The standard InChI is InChI=1S/C14H15N3O2/c1-9-2-4-10(5-3-9)14-16-7-11(8-17-14)12(15)6-13(18)19/h2-5,7-8,12H,6,15H2,1H3,(H,18,19). The molecule has 0 aliphatic rings. The first-order valence-corrected chi connectivity index (χ1v) is 5.92. The summed E-state index contributed by atoms with van der Waals surface area (Å²) >= 11 is 0. The van der Waals surface area contributed by atoms with E-state index >= 15 is 0 Å². The number of nitrogens with zero attached hydrogens (tertiary/aromatic N) is 2. The van der Waals surface area contributed by atoms with E-state index in [9.17, 15) is 4.79 Å². The van der Waals surface area contributed by atoms with Gasteiger partial charge in [0.05, 0.1) is 6.42 Å². The van der Waals surface area contributed by atoms with Crippen molar-refractivity contribution in [2.75, 3.05) is 0 Å². The van der Waals surface area contributed by atoms with Crippen LogP contribution in [0.25, 0.3) is 11.4 Å². The lowest BCUT2D eigenvalue weighted by Gasteiger charge is -2.08. The molecule has 1 unspecified atom stereocenters. The van der Waals surface area contributed by atoms with Crippen LogP contribution in [0.4, 0.5) is 0 Å². The monoisotopic (exact) mass is 257 g/mol. The summed E-state index contributed by atoms with van der Waals surface area (Å²) in [4.78, 5) is 19.0. The average Bonchev–Trinajstić information content (AvgIpc) is 2.39. The first kappa shape index (κ1) is 13.2. The number of aryl methyl sites for hydroxylation is 1. The number of rotatable bonds is 4. The van der Waals surface area contributed by atoms with E-state index in [1.165, 1.54) is 5.56 Å². The minimum atomic E-state index is -0.935. The fourth-order valence-corrected chi connectivity index (χ4v) is 1.69. The molecule has 0 aliphatic heterocycles. The molecular weight excluding hydrogens is 242 g/mol. The van der Waals surface area contributed by atoms with Crippen LogP contribution in [0, 0.1) is 6.92 Å². The molecule has 98 valence electrons. The number of aliphatic carboxylic acids is 1. The van der Waals surface area contributed by atoms with Crippen LogP contribution in [0.15, 0.2) is 36.7 Å². The zero-order valence-electron chi connectivity index (χ0n) is 10.6. The van der Waals surface area contributed by atoms with Gasteiger partial charge in [0.1, 0.15) is 0 Å². The zero-order chi connectivity index (χ0) is 13.8. The van der Waals surface area contributed by atoms with Crippen LogP contribution < -0.4 is 5.73 Å². The highest BCUT2D eigenvalue weighted by molar-refractivity contribution is 5.67. The van der Waals surface area contributed by atoms with Gasteiger partial charge in [0.25, 0.3) is 0 Å². The Balaban J connectivity index is 2.18. The molecule has 3 N–H and O–H groups in total. The van der Waals surface area contributed by atoms with Crippen molar-refractivity contribution in [3.63, 3.8) is 0 Å². The SMILES string of the molecule is Cc1ccc(-c2ncc(C(N)CC(=O)O)cn2)cc1. The number of hydrogen-bond donors (Lipinski definition) is 2. The summed E-state index contributed by atoms with van der Waals surface area (Å²) in [5.74, 6) is -0.332. The van der Waals surface area contributed by atoms with E-state index in [0.29, 0.717) is 11.4 Å². The highest BCUT2D eigenvalue weighted by Crippen LogP contribution is 2.17. The van der Waals surface area contributed by atoms with Gasteiger partial charge >= 0.3 is 5.97 Å². The molecule has 0 spiro atoms. The molecule has 2 rings (SSSR count). The molecule has 1 aromatic carbocycles. The van der Waals surface area contributed by atoms with Gasteiger partial charge in [0.15, 0.2) is 5.82 Å². The van der Waals surface area contributed by atoms with Gasteiger partial charge in [0, 0.05) is 29.6 Å². The number of carboxylic acids is 1. The fraction of sp³-hybridized carbons (Fsp3) is 0.214. The van der Waals surface area contributed by atoms with Crippen molar-refractivity contribution in [3.05, 3.63) is 47.8 Å². The van der Waals surface area contributed by atoms with Gasteiger partial charge in [-0.25, -0.2) is 9.97 Å². The van der Waals surface area contributed by atoms with Crippen molar-refractivity contribution in [1.29, 1.82) is 0 Å². The summed E-state index contributed by atoms with van der Waals surface area (Å²) in [5.41, 5.74) is 8.46. The predicted molar refractivity (Wildman–Crippen MR) is 71.4 cm³/mol. The molecular formula is C14H15N3O2. The molecule has 5 nitrogen and oxygen atoms in total. The Morgan fingerprint density at radius 1 is 1.26 bits per heavy atom. The Labute approximate surface area is 111 Å². The van der Waals surface area contributed by atoms with Crippen LogP contribution in [-0.4, -0.2) is 21.0 Å². The van der Waals surface area contributed by atoms with Gasteiger partial charge in [-0.2, -0.15) is 0 Å². The van der Waals surface area contributed by atoms with E-state index in [0.717, 1.165) is 5.56 Å². The third-order valence-electron chi connectivity index (χ3n) is 2.80. The third-order valence-corrected chi connectivity index (χ3v) is 2.80. The molecule has 0 saturated heterocycles. The fourth-order valence-electron chi connectivity index (χ4n) is 1.69. The summed E-state index contributed by atoms with van der Waals surface area (Å²) in [6.07, 6.45) is 3.03. The summed E-state index contributed by atoms with van der Waals surface area (Å²) in [6.45, 7) is 2.01. The number of aromatic nitrogens is 2. The molecule has 1 aromatic heterocycles. The average molecular weight is 257 g/mol. The topological polar surface area (TPSA) is 89.1 Å². The minimum Gasteiger partial charge on any atom is -0.481 e. The Hall–Kier alpha value is -2.27. The molecule has 5 heteroatoms. The summed E-state index contributed by atoms with van der Waals surface area (Å²) < 4.78 is 0. The van der Waals surface area contributed by atoms with Crippen molar-refractivity contribution in [3.8, 4) is 11.4 Å². The van der Waals surface area contributed by atoms with Gasteiger partial charge in [-0.3, -0.25) is 4.79 Å². The van der Waals surface area contributed by atoms with Crippen LogP contribution >= 0.6 is 0 Å². The van der Waals surface area contributed by atoms with Crippen molar-refractivity contribution in [1.82, 2.24) is 9.97 Å². The van der Waals surface area contributed by atoms with Crippen molar-refractivity contribution in [2.24, 2.45) is 5.73 Å². The van der Waals surface area contributed by atoms with Crippen molar-refractivity contribution >= 4 is 5.97 Å². The maximum Gasteiger partial charge on any atom is 0.305 e. The Bertz CT molecular complexity index is 564. The number of hydrogen-bond acceptors (Lipinski definition) is 4. The van der Waals surface area contributed by atoms with Crippen molar-refractivity contribution in [2.45, 2.75) is 19.4 Å². The Morgan fingerprint density at radius 2 is 1.84 bits per heavy atom. The molecule has 0 amide bonds. The molecule has 0 radical (unpaired) electrons. The maximum atomic E-state index is 10.6. The van der Waals surface area contributed by atoms with Crippen LogP contribution in [0.2, 0.25) is 0 Å². The van der Waals surface area contributed by atoms with Gasteiger partial charge in [-0.1, -0.05) is 29.8 Å². The number of nitrogens with two attached hydrogens (primary N) is 1. The highest BCUT2D eigenvalue weighted by atomic mass is 16.4. The largest absolute Gasteiger partial charge is 0.481 e. The lowest BCUT2D eigenvalue weighted by atomic mass is 10.1. The number of benzene rings is 1. The van der Waals surface area contributed by atoms with E-state index in [1.54, 1.807) is 12.4 Å². The van der Waals surface area contributed by atoms with E-state index < -0.39 is 12.0 Å². The molecule has 0 aliphatic carbocycles. The second kappa shape index (κ2) is 5.58. The van der Waals surface area contributed by atoms with Gasteiger partial charge in [-0.05, 0) is 6.92 Å². The van der Waals surface area contributed by atoms with Crippen LogP contribution in [0.3, 0.4) is 0 Å². The second-order valence-corrected chi connectivity index (χ2v) is 4.41. The second-order valence-electron chi connectivity index (χ2n) is 4.41. The Morgan fingerprint density at radius 3 is 2.37 bits per heavy atom.